The van der Waals surface area contributed by atoms with Gasteiger partial charge in [0.05, 0.1) is 19.1 Å². The van der Waals surface area contributed by atoms with Crippen LogP contribution in [0, 0.1) is 0 Å². The SMILES string of the molecule is COc1ccc(Cl)cc1C(=O)N[C@@H](CC(=O)O)C(=O)O. The number of aliphatic carboxylic acids is 2. The average molecular weight is 302 g/mol. The van der Waals surface area contributed by atoms with Crippen LogP contribution in [0.15, 0.2) is 18.2 Å². The Hall–Kier alpha value is -2.28. The number of carboxylic acid groups (broad SMARTS) is 2. The highest BCUT2D eigenvalue weighted by Crippen LogP contribution is 2.22. The van der Waals surface area contributed by atoms with Gasteiger partial charge in [-0.1, -0.05) is 11.6 Å². The summed E-state index contributed by atoms with van der Waals surface area (Å²) in [4.78, 5) is 33.4. The second-order valence-electron chi connectivity index (χ2n) is 3.81. The molecule has 0 radical (unpaired) electrons. The second kappa shape index (κ2) is 6.76. The van der Waals surface area contributed by atoms with Gasteiger partial charge in [0, 0.05) is 5.02 Å². The lowest BCUT2D eigenvalue weighted by molar-refractivity contribution is -0.145. The summed E-state index contributed by atoms with van der Waals surface area (Å²) in [6.45, 7) is 0. The zero-order valence-corrected chi connectivity index (χ0v) is 11.2. The number of benzene rings is 1. The summed E-state index contributed by atoms with van der Waals surface area (Å²) >= 11 is 5.76. The molecule has 8 heteroatoms. The Morgan fingerprint density at radius 1 is 1.35 bits per heavy atom. The van der Waals surface area contributed by atoms with Crippen LogP contribution < -0.4 is 10.1 Å². The number of halogens is 1. The van der Waals surface area contributed by atoms with Gasteiger partial charge in [-0.3, -0.25) is 9.59 Å². The highest BCUT2D eigenvalue weighted by molar-refractivity contribution is 6.31. The Bertz CT molecular complexity index is 545. The fourth-order valence-corrected chi connectivity index (χ4v) is 1.64. The lowest BCUT2D eigenvalue weighted by atomic mass is 10.1. The van der Waals surface area contributed by atoms with Gasteiger partial charge in [0.2, 0.25) is 0 Å². The van der Waals surface area contributed by atoms with Gasteiger partial charge < -0.3 is 20.3 Å². The van der Waals surface area contributed by atoms with Gasteiger partial charge in [0.25, 0.3) is 5.91 Å². The van der Waals surface area contributed by atoms with E-state index in [0.29, 0.717) is 0 Å². The van der Waals surface area contributed by atoms with E-state index >= 15 is 0 Å². The number of rotatable bonds is 6. The molecule has 1 rings (SSSR count). The predicted molar refractivity (Wildman–Crippen MR) is 69.1 cm³/mol. The van der Waals surface area contributed by atoms with E-state index < -0.39 is 30.3 Å². The maximum Gasteiger partial charge on any atom is 0.326 e. The average Bonchev–Trinajstić information content (AvgIpc) is 2.37. The number of methoxy groups -OCH3 is 1. The number of carboxylic acids is 2. The van der Waals surface area contributed by atoms with Gasteiger partial charge in [-0.25, -0.2) is 4.79 Å². The summed E-state index contributed by atoms with van der Waals surface area (Å²) in [7, 11) is 1.34. The third-order valence-corrected chi connectivity index (χ3v) is 2.62. The molecule has 1 aromatic rings. The van der Waals surface area contributed by atoms with Crippen LogP contribution in [-0.2, 0) is 9.59 Å². The molecule has 0 aliphatic heterocycles. The van der Waals surface area contributed by atoms with Crippen LogP contribution in [0.5, 0.6) is 5.75 Å². The van der Waals surface area contributed by atoms with Crippen LogP contribution in [0.4, 0.5) is 0 Å². The predicted octanol–water partition coefficient (Wildman–Crippen LogP) is 1.01. The van der Waals surface area contributed by atoms with E-state index in [4.69, 9.17) is 26.6 Å². The highest BCUT2D eigenvalue weighted by atomic mass is 35.5. The normalized spacial score (nSPS) is 11.5. The molecule has 1 aromatic carbocycles. The first-order chi connectivity index (χ1) is 9.35. The van der Waals surface area contributed by atoms with Crippen LogP contribution in [0.2, 0.25) is 5.02 Å². The minimum Gasteiger partial charge on any atom is -0.496 e. The van der Waals surface area contributed by atoms with Crippen molar-refractivity contribution in [1.29, 1.82) is 0 Å². The van der Waals surface area contributed by atoms with Crippen molar-refractivity contribution < 1.29 is 29.3 Å². The number of amides is 1. The molecule has 0 aliphatic carbocycles. The fraction of sp³-hybridized carbons (Fsp3) is 0.250. The molecule has 0 aliphatic rings. The summed E-state index contributed by atoms with van der Waals surface area (Å²) in [6, 6.07) is 2.71. The number of carbonyl (C=O) groups is 3. The Morgan fingerprint density at radius 2 is 2.00 bits per heavy atom. The first kappa shape index (κ1) is 15.8. The standard InChI is InChI=1S/C12H12ClNO6/c1-20-9-3-2-6(13)4-7(9)11(17)14-8(12(18)19)5-10(15)16/h2-4,8H,5H2,1H3,(H,14,17)(H,15,16)(H,18,19)/t8-/m0/s1. The van der Waals surface area contributed by atoms with Gasteiger partial charge in [0.1, 0.15) is 11.8 Å². The summed E-state index contributed by atoms with van der Waals surface area (Å²) in [5, 5.41) is 19.8. The fourth-order valence-electron chi connectivity index (χ4n) is 1.47. The summed E-state index contributed by atoms with van der Waals surface area (Å²) < 4.78 is 4.96. The molecular weight excluding hydrogens is 290 g/mol. The van der Waals surface area contributed by atoms with E-state index in [9.17, 15) is 14.4 Å². The van der Waals surface area contributed by atoms with Crippen LogP contribution in [0.3, 0.4) is 0 Å². The molecule has 0 fully saturated rings. The van der Waals surface area contributed by atoms with Crippen LogP contribution in [-0.4, -0.2) is 41.2 Å². The van der Waals surface area contributed by atoms with Gasteiger partial charge in [-0.15, -0.1) is 0 Å². The first-order valence-electron chi connectivity index (χ1n) is 5.44. The van der Waals surface area contributed by atoms with Crippen LogP contribution in [0.1, 0.15) is 16.8 Å². The van der Waals surface area contributed by atoms with E-state index in [2.05, 4.69) is 5.32 Å². The molecule has 20 heavy (non-hydrogen) atoms. The monoisotopic (exact) mass is 301 g/mol. The summed E-state index contributed by atoms with van der Waals surface area (Å²) in [6.07, 6.45) is -0.732. The van der Waals surface area contributed by atoms with Crippen molar-refractivity contribution in [3.8, 4) is 5.75 Å². The molecule has 0 heterocycles. The smallest absolute Gasteiger partial charge is 0.326 e. The van der Waals surface area contributed by atoms with Gasteiger partial charge in [-0.2, -0.15) is 0 Å². The Morgan fingerprint density at radius 3 is 2.50 bits per heavy atom. The maximum atomic E-state index is 12.0. The molecule has 0 saturated carbocycles. The zero-order chi connectivity index (χ0) is 15.3. The van der Waals surface area contributed by atoms with Crippen molar-refractivity contribution in [2.45, 2.75) is 12.5 Å². The molecule has 0 unspecified atom stereocenters. The van der Waals surface area contributed by atoms with Crippen LogP contribution >= 0.6 is 11.6 Å². The van der Waals surface area contributed by atoms with E-state index in [1.165, 1.54) is 25.3 Å². The quantitative estimate of drug-likeness (QED) is 0.722. The van der Waals surface area contributed by atoms with Crippen molar-refractivity contribution in [2.75, 3.05) is 7.11 Å². The molecule has 0 saturated heterocycles. The Labute approximate surface area is 119 Å². The summed E-state index contributed by atoms with van der Waals surface area (Å²) in [5.74, 6) is -3.36. The topological polar surface area (TPSA) is 113 Å². The number of hydrogen-bond acceptors (Lipinski definition) is 4. The van der Waals surface area contributed by atoms with Gasteiger partial charge >= 0.3 is 11.9 Å². The minimum atomic E-state index is -1.54. The molecule has 3 N–H and O–H groups in total. The third kappa shape index (κ3) is 4.13. The highest BCUT2D eigenvalue weighted by Gasteiger charge is 2.25. The molecule has 1 amide bonds. The molecule has 1 atom stereocenters. The number of hydrogen-bond donors (Lipinski definition) is 3. The van der Waals surface area contributed by atoms with Crippen molar-refractivity contribution in [1.82, 2.24) is 5.32 Å². The van der Waals surface area contributed by atoms with Crippen molar-refractivity contribution in [3.63, 3.8) is 0 Å². The lowest BCUT2D eigenvalue weighted by Gasteiger charge is -2.14. The van der Waals surface area contributed by atoms with E-state index in [1.54, 1.807) is 0 Å². The molecule has 0 aromatic heterocycles. The van der Waals surface area contributed by atoms with Gasteiger partial charge in [-0.05, 0) is 18.2 Å². The molecule has 0 spiro atoms. The first-order valence-corrected chi connectivity index (χ1v) is 5.82. The van der Waals surface area contributed by atoms with Gasteiger partial charge in [0.15, 0.2) is 0 Å². The van der Waals surface area contributed by atoms with Crippen molar-refractivity contribution >= 4 is 29.4 Å². The van der Waals surface area contributed by atoms with E-state index in [-0.39, 0.29) is 16.3 Å². The van der Waals surface area contributed by atoms with E-state index in [0.717, 1.165) is 0 Å². The minimum absolute atomic E-state index is 0.0247. The second-order valence-corrected chi connectivity index (χ2v) is 4.24. The zero-order valence-electron chi connectivity index (χ0n) is 10.4. The third-order valence-electron chi connectivity index (χ3n) is 2.39. The Kier molecular flexibility index (Phi) is 5.33. The molecular formula is C12H12ClNO6. The molecule has 108 valence electrons. The Balaban J connectivity index is 2.96. The molecule has 0 bridgehead atoms. The summed E-state index contributed by atoms with van der Waals surface area (Å²) in [5.41, 5.74) is 0.0247. The number of carbonyl (C=O) groups excluding carboxylic acids is 1. The van der Waals surface area contributed by atoms with Crippen LogP contribution in [0.25, 0.3) is 0 Å². The van der Waals surface area contributed by atoms with Crippen molar-refractivity contribution in [3.05, 3.63) is 28.8 Å². The maximum absolute atomic E-state index is 12.0. The number of ether oxygens (including phenoxy) is 1. The van der Waals surface area contributed by atoms with Crippen molar-refractivity contribution in [2.24, 2.45) is 0 Å². The lowest BCUT2D eigenvalue weighted by Crippen LogP contribution is -2.42. The van der Waals surface area contributed by atoms with E-state index in [1.807, 2.05) is 0 Å². The molecule has 7 nitrogen and oxygen atoms in total. The number of nitrogens with one attached hydrogen (secondary N) is 1. The largest absolute Gasteiger partial charge is 0.496 e.